The Morgan fingerprint density at radius 3 is 2.24 bits per heavy atom. The van der Waals surface area contributed by atoms with E-state index in [0.29, 0.717) is 17.3 Å². The molecule has 0 atom stereocenters. The van der Waals surface area contributed by atoms with Gasteiger partial charge in [-0.2, -0.15) is 0 Å². The molecule has 3 heteroatoms. The normalized spacial score (nSPS) is 11.5. The first-order valence-electron chi connectivity index (χ1n) is 7.09. The van der Waals surface area contributed by atoms with E-state index in [9.17, 15) is 0 Å². The Kier molecular flexibility index (Phi) is 4.60. The average molecular weight is 304 g/mol. The largest absolute Gasteiger partial charge is 0.456 e. The summed E-state index contributed by atoms with van der Waals surface area (Å²) >= 11 is 6.23. The summed E-state index contributed by atoms with van der Waals surface area (Å²) in [6.07, 6.45) is 0. The molecule has 0 aromatic heterocycles. The highest BCUT2D eigenvalue weighted by molar-refractivity contribution is 6.32. The van der Waals surface area contributed by atoms with Crippen molar-refractivity contribution in [2.24, 2.45) is 5.73 Å². The highest BCUT2D eigenvalue weighted by Gasteiger charge is 2.15. The summed E-state index contributed by atoms with van der Waals surface area (Å²) in [6.45, 7) is 9.12. The summed E-state index contributed by atoms with van der Waals surface area (Å²) in [5.41, 5.74) is 9.11. The molecular weight excluding hydrogens is 282 g/mol. The molecule has 2 rings (SSSR count). The molecule has 2 aromatic rings. The van der Waals surface area contributed by atoms with Crippen molar-refractivity contribution in [2.45, 2.75) is 39.7 Å². The zero-order chi connectivity index (χ0) is 15.6. The lowest BCUT2D eigenvalue weighted by Crippen LogP contribution is -2.11. The SMILES string of the molecule is Cc1cc(C(C)(C)C)ccc1Oc1ccc(CN)cc1Cl. The maximum atomic E-state index is 6.23. The third-order valence-corrected chi connectivity index (χ3v) is 3.79. The molecule has 0 aliphatic carbocycles. The van der Waals surface area contributed by atoms with Crippen molar-refractivity contribution >= 4 is 11.6 Å². The van der Waals surface area contributed by atoms with Crippen LogP contribution in [0.1, 0.15) is 37.5 Å². The third-order valence-electron chi connectivity index (χ3n) is 3.49. The summed E-state index contributed by atoms with van der Waals surface area (Å²) in [6, 6.07) is 11.9. The topological polar surface area (TPSA) is 35.2 Å². The van der Waals surface area contributed by atoms with E-state index in [1.165, 1.54) is 5.56 Å². The molecule has 2 N–H and O–H groups in total. The fourth-order valence-electron chi connectivity index (χ4n) is 2.10. The van der Waals surface area contributed by atoms with Gasteiger partial charge in [0.05, 0.1) is 5.02 Å². The van der Waals surface area contributed by atoms with Crippen LogP contribution in [0.3, 0.4) is 0 Å². The van der Waals surface area contributed by atoms with Gasteiger partial charge in [-0.3, -0.25) is 0 Å². The molecule has 2 aromatic carbocycles. The predicted molar refractivity (Wildman–Crippen MR) is 89.3 cm³/mol. The zero-order valence-electron chi connectivity index (χ0n) is 13.0. The van der Waals surface area contributed by atoms with Crippen LogP contribution in [0.5, 0.6) is 11.5 Å². The van der Waals surface area contributed by atoms with Crippen molar-refractivity contribution in [1.82, 2.24) is 0 Å². The van der Waals surface area contributed by atoms with E-state index in [1.54, 1.807) is 0 Å². The number of rotatable bonds is 3. The lowest BCUT2D eigenvalue weighted by atomic mass is 9.86. The molecule has 2 nitrogen and oxygen atoms in total. The molecule has 21 heavy (non-hydrogen) atoms. The van der Waals surface area contributed by atoms with E-state index >= 15 is 0 Å². The Labute approximate surface area is 131 Å². The number of halogens is 1. The number of ether oxygens (including phenoxy) is 1. The Morgan fingerprint density at radius 2 is 1.71 bits per heavy atom. The fraction of sp³-hybridized carbons (Fsp3) is 0.333. The maximum Gasteiger partial charge on any atom is 0.146 e. The lowest BCUT2D eigenvalue weighted by Gasteiger charge is -2.20. The van der Waals surface area contributed by atoms with E-state index in [-0.39, 0.29) is 5.41 Å². The van der Waals surface area contributed by atoms with Gasteiger partial charge in [0.2, 0.25) is 0 Å². The molecule has 0 aliphatic heterocycles. The summed E-state index contributed by atoms with van der Waals surface area (Å²) in [5, 5.41) is 0.581. The van der Waals surface area contributed by atoms with Crippen molar-refractivity contribution in [3.8, 4) is 11.5 Å². The number of aryl methyl sites for hydroxylation is 1. The van der Waals surface area contributed by atoms with Gasteiger partial charge >= 0.3 is 0 Å². The Bertz CT molecular complexity index is 644. The van der Waals surface area contributed by atoms with Crippen LogP contribution in [0.2, 0.25) is 5.02 Å². The molecule has 0 radical (unpaired) electrons. The number of hydrogen-bond donors (Lipinski definition) is 1. The van der Waals surface area contributed by atoms with E-state index in [2.05, 4.69) is 32.9 Å². The fourth-order valence-corrected chi connectivity index (χ4v) is 2.34. The van der Waals surface area contributed by atoms with Crippen LogP contribution in [0, 0.1) is 6.92 Å². The van der Waals surface area contributed by atoms with Crippen LogP contribution >= 0.6 is 11.6 Å². The average Bonchev–Trinajstić information content (AvgIpc) is 2.41. The highest BCUT2D eigenvalue weighted by Crippen LogP contribution is 2.33. The van der Waals surface area contributed by atoms with Crippen LogP contribution in [-0.4, -0.2) is 0 Å². The van der Waals surface area contributed by atoms with Crippen molar-refractivity contribution in [3.63, 3.8) is 0 Å². The van der Waals surface area contributed by atoms with Crippen LogP contribution < -0.4 is 10.5 Å². The molecule has 0 saturated carbocycles. The minimum Gasteiger partial charge on any atom is -0.456 e. The first-order valence-corrected chi connectivity index (χ1v) is 7.46. The molecular formula is C18H22ClNO. The van der Waals surface area contributed by atoms with Crippen LogP contribution in [-0.2, 0) is 12.0 Å². The van der Waals surface area contributed by atoms with Gasteiger partial charge < -0.3 is 10.5 Å². The first kappa shape index (κ1) is 15.9. The van der Waals surface area contributed by atoms with Crippen LogP contribution in [0.15, 0.2) is 36.4 Å². The standard InChI is InChI=1S/C18H22ClNO/c1-12-9-14(18(2,3)4)6-8-16(12)21-17-7-5-13(11-20)10-15(17)19/h5-10H,11,20H2,1-4H3. The number of benzene rings is 2. The Hall–Kier alpha value is -1.51. The quantitative estimate of drug-likeness (QED) is 0.846. The highest BCUT2D eigenvalue weighted by atomic mass is 35.5. The minimum atomic E-state index is 0.129. The van der Waals surface area contributed by atoms with Crippen LogP contribution in [0.4, 0.5) is 0 Å². The summed E-state index contributed by atoms with van der Waals surface area (Å²) in [7, 11) is 0. The van der Waals surface area contributed by atoms with Gasteiger partial charge in [-0.25, -0.2) is 0 Å². The van der Waals surface area contributed by atoms with Crippen molar-refractivity contribution in [3.05, 3.63) is 58.1 Å². The van der Waals surface area contributed by atoms with Gasteiger partial charge in [0.15, 0.2) is 0 Å². The molecule has 112 valence electrons. The molecule has 0 fully saturated rings. The molecule has 0 heterocycles. The zero-order valence-corrected chi connectivity index (χ0v) is 13.8. The molecule has 0 amide bonds. The Morgan fingerprint density at radius 1 is 1.05 bits per heavy atom. The van der Waals surface area contributed by atoms with Gasteiger partial charge in [0, 0.05) is 6.54 Å². The second kappa shape index (κ2) is 6.08. The third kappa shape index (κ3) is 3.78. The van der Waals surface area contributed by atoms with Gasteiger partial charge in [-0.1, -0.05) is 50.6 Å². The smallest absolute Gasteiger partial charge is 0.146 e. The maximum absolute atomic E-state index is 6.23. The minimum absolute atomic E-state index is 0.129. The monoisotopic (exact) mass is 303 g/mol. The van der Waals surface area contributed by atoms with Crippen molar-refractivity contribution in [2.75, 3.05) is 0 Å². The molecule has 0 spiro atoms. The van der Waals surface area contributed by atoms with E-state index in [4.69, 9.17) is 22.1 Å². The van der Waals surface area contributed by atoms with Crippen molar-refractivity contribution in [1.29, 1.82) is 0 Å². The summed E-state index contributed by atoms with van der Waals surface area (Å²) in [5.74, 6) is 1.48. The molecule has 0 bridgehead atoms. The van der Waals surface area contributed by atoms with Gasteiger partial charge in [-0.15, -0.1) is 0 Å². The lowest BCUT2D eigenvalue weighted by molar-refractivity contribution is 0.477. The number of nitrogens with two attached hydrogens (primary N) is 1. The van der Waals surface area contributed by atoms with Crippen LogP contribution in [0.25, 0.3) is 0 Å². The second-order valence-corrected chi connectivity index (χ2v) is 6.71. The second-order valence-electron chi connectivity index (χ2n) is 6.30. The first-order chi connectivity index (χ1) is 9.81. The Balaban J connectivity index is 2.28. The van der Waals surface area contributed by atoms with Gasteiger partial charge in [0.25, 0.3) is 0 Å². The summed E-state index contributed by atoms with van der Waals surface area (Å²) in [4.78, 5) is 0. The molecule has 0 saturated heterocycles. The predicted octanol–water partition coefficient (Wildman–Crippen LogP) is 5.20. The van der Waals surface area contributed by atoms with E-state index in [1.807, 2.05) is 31.2 Å². The van der Waals surface area contributed by atoms with E-state index in [0.717, 1.165) is 16.9 Å². The van der Waals surface area contributed by atoms with Crippen molar-refractivity contribution < 1.29 is 4.74 Å². The molecule has 0 aliphatic rings. The van der Waals surface area contributed by atoms with Gasteiger partial charge in [-0.05, 0) is 47.2 Å². The van der Waals surface area contributed by atoms with E-state index < -0.39 is 0 Å². The summed E-state index contributed by atoms with van der Waals surface area (Å²) < 4.78 is 5.93. The molecule has 0 unspecified atom stereocenters. The number of hydrogen-bond acceptors (Lipinski definition) is 2. The van der Waals surface area contributed by atoms with Gasteiger partial charge in [0.1, 0.15) is 11.5 Å².